The summed E-state index contributed by atoms with van der Waals surface area (Å²) in [7, 11) is 0. The normalized spacial score (nSPS) is 36.5. The SMILES string of the molecule is C[C@H](CCCN(CCC#N)CCC#N)[C@H]1CC[C@H]2[C@@H]3[C@H](OCCCN)C[C@@H]4C[C@H](OCCCN)CC[C@]4(C)[C@H]3C[C@H](OCCCN)[C@]12C. The van der Waals surface area contributed by atoms with E-state index in [1.807, 2.05) is 0 Å². The van der Waals surface area contributed by atoms with Crippen LogP contribution < -0.4 is 17.2 Å². The molecule has 11 atom stereocenters. The van der Waals surface area contributed by atoms with E-state index in [2.05, 4.69) is 37.8 Å². The molecule has 0 spiro atoms. The van der Waals surface area contributed by atoms with E-state index >= 15 is 0 Å². The van der Waals surface area contributed by atoms with E-state index in [-0.39, 0.29) is 23.0 Å². The summed E-state index contributed by atoms with van der Waals surface area (Å²) < 4.78 is 20.3. The molecule has 4 rings (SSSR count). The predicted molar refractivity (Wildman–Crippen MR) is 192 cm³/mol. The van der Waals surface area contributed by atoms with E-state index in [0.717, 1.165) is 97.2 Å². The monoisotopic (exact) mass is 671 g/mol. The number of ether oxygens (including phenoxy) is 3. The largest absolute Gasteiger partial charge is 0.378 e. The molecule has 48 heavy (non-hydrogen) atoms. The Hall–Kier alpha value is -1.30. The van der Waals surface area contributed by atoms with Crippen molar-refractivity contribution in [3.8, 4) is 12.1 Å². The van der Waals surface area contributed by atoms with Crippen LogP contribution in [-0.2, 0) is 14.2 Å². The maximum atomic E-state index is 9.15. The molecule has 9 nitrogen and oxygen atoms in total. The molecule has 274 valence electrons. The van der Waals surface area contributed by atoms with Gasteiger partial charge in [0.2, 0.25) is 0 Å². The highest BCUT2D eigenvalue weighted by atomic mass is 16.5. The van der Waals surface area contributed by atoms with Crippen LogP contribution in [0, 0.1) is 69.0 Å². The van der Waals surface area contributed by atoms with Crippen LogP contribution in [-0.4, -0.2) is 82.3 Å². The van der Waals surface area contributed by atoms with Crippen LogP contribution in [0.5, 0.6) is 0 Å². The fourth-order valence-electron chi connectivity index (χ4n) is 11.2. The Morgan fingerprint density at radius 1 is 0.771 bits per heavy atom. The zero-order valence-electron chi connectivity index (χ0n) is 30.8. The average molecular weight is 671 g/mol. The average Bonchev–Trinajstić information content (AvgIpc) is 3.44. The molecule has 0 amide bonds. The predicted octanol–water partition coefficient (Wildman–Crippen LogP) is 5.61. The molecule has 0 bridgehead atoms. The van der Waals surface area contributed by atoms with Gasteiger partial charge in [-0.2, -0.15) is 10.5 Å². The Bertz CT molecular complexity index is 1020. The highest BCUT2D eigenvalue weighted by Gasteiger charge is 2.66. The molecule has 4 aliphatic rings. The second kappa shape index (κ2) is 19.3. The molecular formula is C39H70N6O3. The molecule has 0 aromatic carbocycles. The van der Waals surface area contributed by atoms with Crippen molar-refractivity contribution in [2.75, 3.05) is 59.1 Å². The molecule has 4 fully saturated rings. The van der Waals surface area contributed by atoms with Gasteiger partial charge in [-0.15, -0.1) is 0 Å². The first-order valence-electron chi connectivity index (χ1n) is 19.7. The second-order valence-electron chi connectivity index (χ2n) is 16.3. The van der Waals surface area contributed by atoms with Crippen molar-refractivity contribution in [2.45, 2.75) is 129 Å². The van der Waals surface area contributed by atoms with Crippen LogP contribution in [0.1, 0.15) is 111 Å². The van der Waals surface area contributed by atoms with Crippen LogP contribution in [0.3, 0.4) is 0 Å². The Labute approximate surface area is 292 Å². The van der Waals surface area contributed by atoms with Crippen molar-refractivity contribution in [1.29, 1.82) is 10.5 Å². The van der Waals surface area contributed by atoms with Gasteiger partial charge in [0.25, 0.3) is 0 Å². The van der Waals surface area contributed by atoms with E-state index in [4.69, 9.17) is 41.9 Å². The van der Waals surface area contributed by atoms with Crippen LogP contribution in [0.25, 0.3) is 0 Å². The van der Waals surface area contributed by atoms with Crippen LogP contribution in [0.2, 0.25) is 0 Å². The summed E-state index contributed by atoms with van der Waals surface area (Å²) in [6.45, 7) is 14.4. The zero-order valence-corrected chi connectivity index (χ0v) is 30.8. The lowest BCUT2D eigenvalue weighted by Gasteiger charge is -2.65. The summed E-state index contributed by atoms with van der Waals surface area (Å²) in [5, 5.41) is 18.3. The van der Waals surface area contributed by atoms with Gasteiger partial charge in [0.05, 0.1) is 30.5 Å². The Morgan fingerprint density at radius 2 is 1.42 bits per heavy atom. The summed E-state index contributed by atoms with van der Waals surface area (Å²) in [4.78, 5) is 2.31. The lowest BCUT2D eigenvalue weighted by atomic mass is 9.43. The van der Waals surface area contributed by atoms with E-state index in [1.165, 1.54) is 19.3 Å². The Kier molecular flexibility index (Phi) is 15.9. The molecule has 6 N–H and O–H groups in total. The van der Waals surface area contributed by atoms with Gasteiger partial charge in [-0.1, -0.05) is 20.8 Å². The molecule has 9 heteroatoms. The minimum absolute atomic E-state index is 0.0949. The first-order valence-corrected chi connectivity index (χ1v) is 19.7. The molecule has 0 heterocycles. The molecule has 4 aliphatic carbocycles. The van der Waals surface area contributed by atoms with Crippen LogP contribution in [0.4, 0.5) is 0 Å². The van der Waals surface area contributed by atoms with Crippen molar-refractivity contribution in [3.63, 3.8) is 0 Å². The molecule has 0 unspecified atom stereocenters. The number of nitrogens with zero attached hydrogens (tertiary/aromatic N) is 3. The smallest absolute Gasteiger partial charge is 0.0637 e. The summed E-state index contributed by atoms with van der Waals surface area (Å²) in [5.74, 6) is 3.47. The van der Waals surface area contributed by atoms with Crippen LogP contribution >= 0.6 is 0 Å². The van der Waals surface area contributed by atoms with Crippen molar-refractivity contribution in [1.82, 2.24) is 4.90 Å². The lowest BCUT2D eigenvalue weighted by Crippen LogP contribution is -2.63. The van der Waals surface area contributed by atoms with Crippen molar-refractivity contribution in [3.05, 3.63) is 0 Å². The summed E-state index contributed by atoms with van der Waals surface area (Å²) in [6, 6.07) is 4.56. The van der Waals surface area contributed by atoms with E-state index in [9.17, 15) is 0 Å². The third-order valence-electron chi connectivity index (χ3n) is 13.7. The maximum absolute atomic E-state index is 9.15. The summed E-state index contributed by atoms with van der Waals surface area (Å²) >= 11 is 0. The number of fused-ring (bicyclic) bond motifs is 5. The minimum atomic E-state index is 0.0949. The molecule has 0 saturated heterocycles. The van der Waals surface area contributed by atoms with Gasteiger partial charge in [0.1, 0.15) is 0 Å². The number of nitrogens with two attached hydrogens (primary N) is 3. The fourth-order valence-corrected chi connectivity index (χ4v) is 11.2. The maximum Gasteiger partial charge on any atom is 0.0637 e. The van der Waals surface area contributed by atoms with Gasteiger partial charge < -0.3 is 36.3 Å². The molecule has 4 saturated carbocycles. The quantitative estimate of drug-likeness (QED) is 0.132. The van der Waals surface area contributed by atoms with E-state index < -0.39 is 0 Å². The number of hydrogen-bond donors (Lipinski definition) is 3. The van der Waals surface area contributed by atoms with Crippen molar-refractivity contribution >= 4 is 0 Å². The van der Waals surface area contributed by atoms with Gasteiger partial charge >= 0.3 is 0 Å². The Balaban J connectivity index is 1.56. The molecule has 0 aromatic rings. The summed E-state index contributed by atoms with van der Waals surface area (Å²) in [6.07, 6.45) is 15.1. The molecular weight excluding hydrogens is 600 g/mol. The Morgan fingerprint density at radius 3 is 2.06 bits per heavy atom. The third-order valence-corrected chi connectivity index (χ3v) is 13.7. The first-order chi connectivity index (χ1) is 23.3. The lowest BCUT2D eigenvalue weighted by molar-refractivity contribution is -0.227. The molecule has 0 radical (unpaired) electrons. The first kappa shape index (κ1) is 39.5. The number of hydrogen-bond acceptors (Lipinski definition) is 9. The second-order valence-corrected chi connectivity index (χ2v) is 16.3. The van der Waals surface area contributed by atoms with Crippen molar-refractivity contribution in [2.24, 2.45) is 63.5 Å². The van der Waals surface area contributed by atoms with Crippen molar-refractivity contribution < 1.29 is 14.2 Å². The van der Waals surface area contributed by atoms with Gasteiger partial charge in [-0.05, 0) is 144 Å². The van der Waals surface area contributed by atoms with Gasteiger partial charge in [-0.3, -0.25) is 0 Å². The standard InChI is InChI=1S/C39H70N6O3/c1-29(10-4-20-45(21-5-15-40)22-6-16-41)32-11-12-33-37-34(28-36(39(32,33)3)48-25-9-19-44)38(2)14-13-31(46-23-7-17-42)26-30(38)27-35(37)47-24-8-18-43/h29-37H,4-14,17-28,42-44H2,1-3H3/t29-,30+,31-,32-,33+,34+,35-,36+,37+,38+,39-/m1/s1. The number of nitriles is 2. The fraction of sp³-hybridized carbons (Fsp3) is 0.949. The minimum Gasteiger partial charge on any atom is -0.378 e. The van der Waals surface area contributed by atoms with Gasteiger partial charge in [0.15, 0.2) is 0 Å². The zero-order chi connectivity index (χ0) is 34.6. The topological polar surface area (TPSA) is 157 Å². The van der Waals surface area contributed by atoms with E-state index in [0.29, 0.717) is 74.1 Å². The van der Waals surface area contributed by atoms with Gasteiger partial charge in [-0.25, -0.2) is 0 Å². The van der Waals surface area contributed by atoms with Crippen LogP contribution in [0.15, 0.2) is 0 Å². The summed E-state index contributed by atoms with van der Waals surface area (Å²) in [5.41, 5.74) is 18.1. The molecule has 0 aliphatic heterocycles. The highest BCUT2D eigenvalue weighted by Crippen LogP contribution is 2.69. The highest BCUT2D eigenvalue weighted by molar-refractivity contribution is 5.15. The van der Waals surface area contributed by atoms with E-state index in [1.54, 1.807) is 0 Å². The molecule has 0 aromatic heterocycles. The third kappa shape index (κ3) is 9.13. The number of rotatable bonds is 21. The van der Waals surface area contributed by atoms with Gasteiger partial charge in [0, 0.05) is 51.2 Å².